The molecule has 3 rings (SSSR count). The third-order valence-electron chi connectivity index (χ3n) is 13.6. The molecule has 0 aromatic carbocycles. The Morgan fingerprint density at radius 3 is 2.15 bits per heavy atom. The highest BCUT2D eigenvalue weighted by atomic mass is 28.4. The molecule has 0 amide bonds. The van der Waals surface area contributed by atoms with Crippen LogP contribution in [0.5, 0.6) is 0 Å². The summed E-state index contributed by atoms with van der Waals surface area (Å²) in [5.41, 5.74) is 4.40. The van der Waals surface area contributed by atoms with E-state index < -0.39 is 16.6 Å². The van der Waals surface area contributed by atoms with Gasteiger partial charge in [-0.3, -0.25) is 4.79 Å². The quantitative estimate of drug-likeness (QED) is 0.152. The third kappa shape index (κ3) is 9.61. The molecule has 0 bridgehead atoms. The molecule has 47 heavy (non-hydrogen) atoms. The van der Waals surface area contributed by atoms with Crippen LogP contribution in [0, 0.1) is 29.1 Å². The van der Waals surface area contributed by atoms with Gasteiger partial charge in [0.05, 0.1) is 12.2 Å². The maximum atomic E-state index is 12.7. The van der Waals surface area contributed by atoms with Crippen molar-refractivity contribution in [1.82, 2.24) is 0 Å². The van der Waals surface area contributed by atoms with E-state index in [1.54, 1.807) is 5.57 Å². The Kier molecular flexibility index (Phi) is 13.3. The molecule has 6 atom stereocenters. The minimum absolute atomic E-state index is 0.0109. The van der Waals surface area contributed by atoms with Crippen molar-refractivity contribution in [3.05, 3.63) is 47.6 Å². The molecule has 0 spiro atoms. The van der Waals surface area contributed by atoms with E-state index in [1.807, 2.05) is 6.08 Å². The minimum Gasteiger partial charge on any atom is -0.413 e. The van der Waals surface area contributed by atoms with Gasteiger partial charge in [0.15, 0.2) is 22.4 Å². The van der Waals surface area contributed by atoms with Gasteiger partial charge in [0.1, 0.15) is 0 Å². The smallest absolute Gasteiger partial charge is 0.192 e. The molecule has 0 N–H and O–H groups in total. The molecular formula is C42H74O3Si2. The summed E-state index contributed by atoms with van der Waals surface area (Å²) in [5.74, 6) is 2.48. The fraction of sp³-hybridized carbons (Fsp3) is 0.786. The van der Waals surface area contributed by atoms with E-state index in [-0.39, 0.29) is 27.7 Å². The third-order valence-corrected chi connectivity index (χ3v) is 22.7. The number of carbonyl (C=O) groups excluding carboxylic acids is 1. The first kappa shape index (κ1) is 40.4. The molecule has 0 heterocycles. The van der Waals surface area contributed by atoms with Crippen LogP contribution in [0.2, 0.25) is 36.3 Å². The highest BCUT2D eigenvalue weighted by molar-refractivity contribution is 6.74. The van der Waals surface area contributed by atoms with Crippen molar-refractivity contribution in [1.29, 1.82) is 0 Å². The van der Waals surface area contributed by atoms with Crippen LogP contribution < -0.4 is 0 Å². The van der Waals surface area contributed by atoms with Crippen molar-refractivity contribution in [2.75, 3.05) is 0 Å². The Balaban J connectivity index is 1.86. The number of hydrogen-bond acceptors (Lipinski definition) is 3. The first-order valence-electron chi connectivity index (χ1n) is 19.2. The molecule has 3 fully saturated rings. The number of carbonyl (C=O) groups is 1. The summed E-state index contributed by atoms with van der Waals surface area (Å²) < 4.78 is 14.2. The molecule has 0 aromatic rings. The highest BCUT2D eigenvalue weighted by Crippen LogP contribution is 2.59. The van der Waals surface area contributed by atoms with Gasteiger partial charge in [-0.05, 0) is 121 Å². The summed E-state index contributed by atoms with van der Waals surface area (Å²) in [7, 11) is -3.93. The van der Waals surface area contributed by atoms with Crippen molar-refractivity contribution >= 4 is 22.4 Å². The van der Waals surface area contributed by atoms with Crippen LogP contribution in [0.25, 0.3) is 0 Å². The van der Waals surface area contributed by atoms with Gasteiger partial charge in [-0.2, -0.15) is 0 Å². The Morgan fingerprint density at radius 1 is 0.979 bits per heavy atom. The molecular weight excluding hydrogens is 609 g/mol. The lowest BCUT2D eigenvalue weighted by Crippen LogP contribution is -2.49. The van der Waals surface area contributed by atoms with Gasteiger partial charge in [-0.1, -0.05) is 112 Å². The molecule has 5 heteroatoms. The molecule has 3 saturated carbocycles. The summed E-state index contributed by atoms with van der Waals surface area (Å²) in [6, 6.07) is 0. The van der Waals surface area contributed by atoms with E-state index in [0.717, 1.165) is 25.7 Å². The van der Waals surface area contributed by atoms with Gasteiger partial charge in [0.25, 0.3) is 0 Å². The van der Waals surface area contributed by atoms with Crippen molar-refractivity contribution in [2.45, 2.75) is 182 Å². The fourth-order valence-corrected chi connectivity index (χ4v) is 10.9. The maximum Gasteiger partial charge on any atom is 0.192 e. The van der Waals surface area contributed by atoms with Crippen LogP contribution in [0.3, 0.4) is 0 Å². The Morgan fingerprint density at radius 2 is 1.57 bits per heavy atom. The van der Waals surface area contributed by atoms with Gasteiger partial charge in [-0.15, -0.1) is 0 Å². The van der Waals surface area contributed by atoms with Crippen LogP contribution in [-0.4, -0.2) is 34.6 Å². The number of fused-ring (bicyclic) bond motifs is 1. The molecule has 0 radical (unpaired) electrons. The summed E-state index contributed by atoms with van der Waals surface area (Å²) in [6.07, 6.45) is 20.2. The van der Waals surface area contributed by atoms with Crippen molar-refractivity contribution in [2.24, 2.45) is 29.1 Å². The van der Waals surface area contributed by atoms with E-state index in [9.17, 15) is 4.79 Å². The maximum absolute atomic E-state index is 12.7. The zero-order chi connectivity index (χ0) is 35.6. The predicted octanol–water partition coefficient (Wildman–Crippen LogP) is 12.8. The zero-order valence-corrected chi connectivity index (χ0v) is 35.3. The van der Waals surface area contributed by atoms with E-state index in [2.05, 4.69) is 120 Å². The van der Waals surface area contributed by atoms with Gasteiger partial charge < -0.3 is 8.85 Å². The van der Waals surface area contributed by atoms with Gasteiger partial charge >= 0.3 is 0 Å². The van der Waals surface area contributed by atoms with Gasteiger partial charge in [0, 0.05) is 12.8 Å². The highest BCUT2D eigenvalue weighted by Gasteiger charge is 2.50. The topological polar surface area (TPSA) is 35.5 Å². The molecule has 3 aliphatic rings. The summed E-state index contributed by atoms with van der Waals surface area (Å²) in [6.45, 7) is 37.5. The Hall–Kier alpha value is -1.02. The monoisotopic (exact) mass is 683 g/mol. The summed E-state index contributed by atoms with van der Waals surface area (Å²) in [4.78, 5) is 12.7. The second-order valence-corrected chi connectivity index (χ2v) is 28.4. The zero-order valence-electron chi connectivity index (χ0n) is 33.3. The summed E-state index contributed by atoms with van der Waals surface area (Å²) in [5, 5.41) is 0.312. The second-order valence-electron chi connectivity index (χ2n) is 18.9. The van der Waals surface area contributed by atoms with Crippen molar-refractivity contribution in [3.8, 4) is 0 Å². The molecule has 3 nitrogen and oxygen atoms in total. The number of ketones is 1. The van der Waals surface area contributed by atoms with E-state index in [0.29, 0.717) is 35.9 Å². The first-order valence-corrected chi connectivity index (χ1v) is 25.0. The predicted molar refractivity (Wildman–Crippen MR) is 209 cm³/mol. The van der Waals surface area contributed by atoms with Crippen LogP contribution in [0.1, 0.15) is 133 Å². The molecule has 3 aliphatic carbocycles. The number of hydrogen-bond donors (Lipinski definition) is 0. The molecule has 268 valence electrons. The standard InChI is InChI=1S/C42H74O3Si2/c1-16-32(17-2)27-35(43)23-20-30(3)37-24-25-38-33(19-18-26-42(37,38)11)21-22-34-28-36(44-46(12,13)40(5,6)7)29-39(31(34)4)45-47(14,15)41(8,9)10/h20-23,30,32,36-39H,4,16-19,24-29H2,1-3,5-15H3/b23-20+,33-21+,34-22+/t30-,36-,37-,38+,39+,42-/m1/s1. The largest absolute Gasteiger partial charge is 0.413 e. The van der Waals surface area contributed by atoms with Gasteiger partial charge in [0.2, 0.25) is 0 Å². The lowest BCUT2D eigenvalue weighted by molar-refractivity contribution is -0.115. The van der Waals surface area contributed by atoms with E-state index in [4.69, 9.17) is 8.85 Å². The number of rotatable bonds is 12. The summed E-state index contributed by atoms with van der Waals surface area (Å²) >= 11 is 0. The lowest BCUT2D eigenvalue weighted by atomic mass is 9.61. The van der Waals surface area contributed by atoms with Crippen LogP contribution in [0.15, 0.2) is 47.6 Å². The van der Waals surface area contributed by atoms with E-state index in [1.165, 1.54) is 43.3 Å². The number of allylic oxidation sites excluding steroid dienone is 5. The van der Waals surface area contributed by atoms with Crippen LogP contribution in [-0.2, 0) is 13.6 Å². The van der Waals surface area contributed by atoms with Crippen LogP contribution in [0.4, 0.5) is 0 Å². The van der Waals surface area contributed by atoms with E-state index >= 15 is 0 Å². The average molecular weight is 683 g/mol. The fourth-order valence-electron chi connectivity index (χ4n) is 8.23. The average Bonchev–Trinajstić information content (AvgIpc) is 3.31. The molecule has 0 aliphatic heterocycles. The Bertz CT molecular complexity index is 1190. The van der Waals surface area contributed by atoms with Crippen molar-refractivity contribution < 1.29 is 13.6 Å². The normalized spacial score (nSPS) is 30.5. The first-order chi connectivity index (χ1) is 21.6. The minimum atomic E-state index is -1.99. The Labute approximate surface area is 293 Å². The van der Waals surface area contributed by atoms with Gasteiger partial charge in [-0.25, -0.2) is 0 Å². The van der Waals surface area contributed by atoms with Crippen molar-refractivity contribution in [3.63, 3.8) is 0 Å². The molecule has 0 saturated heterocycles. The SMILES string of the molecule is C=C1/C(=C/C=C2\CCC[C@]3(C)[C@@H]([C@H](C)/C=C/C(=O)CC(CC)CC)CC[C@@H]23)C[C@@H](O[Si](C)(C)C(C)(C)C)C[C@@H]1O[Si](C)(C)C(C)(C)C. The molecule has 0 aromatic heterocycles. The van der Waals surface area contributed by atoms with Crippen LogP contribution >= 0.6 is 0 Å². The molecule has 0 unspecified atom stereocenters. The second kappa shape index (κ2) is 15.5. The lowest BCUT2D eigenvalue weighted by Gasteiger charge is -2.45.